The molecule has 8 heteroatoms. The molecule has 3 aromatic rings. The van der Waals surface area contributed by atoms with Gasteiger partial charge in [0.1, 0.15) is 0 Å². The number of nitrogens with zero attached hydrogens (tertiary/aromatic N) is 5. The van der Waals surface area contributed by atoms with Crippen LogP contribution < -0.4 is 0 Å². The summed E-state index contributed by atoms with van der Waals surface area (Å²) in [4.78, 5) is 21.6. The normalized spacial score (nSPS) is 20.6. The van der Waals surface area contributed by atoms with Crippen molar-refractivity contribution in [3.05, 3.63) is 36.4 Å². The molecule has 0 spiro atoms. The van der Waals surface area contributed by atoms with Gasteiger partial charge in [0.2, 0.25) is 11.7 Å². The lowest BCUT2D eigenvalue weighted by Gasteiger charge is -2.36. The van der Waals surface area contributed by atoms with E-state index >= 15 is 0 Å². The molecule has 2 fully saturated rings. The average molecular weight is 424 g/mol. The summed E-state index contributed by atoms with van der Waals surface area (Å²) in [7, 11) is 0. The van der Waals surface area contributed by atoms with Crippen molar-refractivity contribution in [2.24, 2.45) is 0 Å². The molecule has 31 heavy (non-hydrogen) atoms. The van der Waals surface area contributed by atoms with Crippen molar-refractivity contribution in [2.75, 3.05) is 32.8 Å². The molecular weight excluding hydrogens is 394 g/mol. The van der Waals surface area contributed by atoms with Gasteiger partial charge in [-0.25, -0.2) is 9.67 Å². The molecule has 2 aromatic heterocycles. The summed E-state index contributed by atoms with van der Waals surface area (Å²) in [6.07, 6.45) is 6.54. The first-order valence-corrected chi connectivity index (χ1v) is 11.2. The second-order valence-electron chi connectivity index (χ2n) is 8.60. The van der Waals surface area contributed by atoms with Crippen molar-refractivity contribution in [3.8, 4) is 11.5 Å². The number of benzene rings is 1. The molecular formula is C23H29N5O3. The van der Waals surface area contributed by atoms with Gasteiger partial charge in [0, 0.05) is 49.8 Å². The van der Waals surface area contributed by atoms with Gasteiger partial charge in [-0.3, -0.25) is 9.69 Å². The Morgan fingerprint density at radius 3 is 2.71 bits per heavy atom. The van der Waals surface area contributed by atoms with Crippen LogP contribution in [0.5, 0.6) is 0 Å². The van der Waals surface area contributed by atoms with E-state index < -0.39 is 0 Å². The molecule has 1 unspecified atom stereocenters. The summed E-state index contributed by atoms with van der Waals surface area (Å²) in [6.45, 7) is 8.31. The molecule has 2 aliphatic heterocycles. The fraction of sp³-hybridized carbons (Fsp3) is 0.522. The molecule has 0 N–H and O–H groups in total. The molecule has 0 bridgehead atoms. The zero-order valence-electron chi connectivity index (χ0n) is 18.2. The fourth-order valence-corrected chi connectivity index (χ4v) is 4.50. The van der Waals surface area contributed by atoms with Crippen LogP contribution in [-0.4, -0.2) is 69.3 Å². The smallest absolute Gasteiger partial charge is 0.291 e. The van der Waals surface area contributed by atoms with Gasteiger partial charge in [-0.2, -0.15) is 5.10 Å². The van der Waals surface area contributed by atoms with Gasteiger partial charge in [0.05, 0.1) is 17.9 Å². The van der Waals surface area contributed by atoms with E-state index in [4.69, 9.17) is 9.15 Å². The van der Waals surface area contributed by atoms with E-state index in [0.29, 0.717) is 25.0 Å². The van der Waals surface area contributed by atoms with Crippen LogP contribution in [0.2, 0.25) is 0 Å². The summed E-state index contributed by atoms with van der Waals surface area (Å²) in [5.74, 6) is 0.632. The lowest BCUT2D eigenvalue weighted by Crippen LogP contribution is -2.50. The number of aromatic nitrogens is 3. The molecule has 1 atom stereocenters. The lowest BCUT2D eigenvalue weighted by atomic mass is 10.1. The minimum atomic E-state index is -0.0966. The maximum absolute atomic E-state index is 12.9. The third-order valence-electron chi connectivity index (χ3n) is 6.35. The van der Waals surface area contributed by atoms with E-state index in [1.165, 1.54) is 0 Å². The maximum Gasteiger partial charge on any atom is 0.291 e. The van der Waals surface area contributed by atoms with E-state index in [9.17, 15) is 4.79 Å². The van der Waals surface area contributed by atoms with Crippen LogP contribution in [0.1, 0.15) is 49.9 Å². The van der Waals surface area contributed by atoms with Gasteiger partial charge in [-0.15, -0.1) is 0 Å². The first-order chi connectivity index (χ1) is 15.1. The van der Waals surface area contributed by atoms with E-state index in [1.54, 1.807) is 6.20 Å². The number of fused-ring (bicyclic) bond motifs is 1. The average Bonchev–Trinajstić information content (AvgIpc) is 3.47. The Bertz CT molecular complexity index is 1060. The Morgan fingerprint density at radius 1 is 1.13 bits per heavy atom. The van der Waals surface area contributed by atoms with Crippen molar-refractivity contribution < 1.29 is 13.9 Å². The minimum Gasteiger partial charge on any atom is -0.431 e. The highest BCUT2D eigenvalue weighted by Crippen LogP contribution is 2.32. The quantitative estimate of drug-likeness (QED) is 0.639. The highest BCUT2D eigenvalue weighted by atomic mass is 16.5. The third kappa shape index (κ3) is 3.85. The molecule has 0 radical (unpaired) electrons. The SMILES string of the molecule is CC(C)N1CCN(C(=O)c2cnc(-c3cccc4c3cnn4C3CCCCO3)o2)CC1. The zero-order valence-corrected chi connectivity index (χ0v) is 18.2. The number of piperazine rings is 1. The number of hydrogen-bond donors (Lipinski definition) is 0. The fourth-order valence-electron chi connectivity index (χ4n) is 4.50. The Labute approximate surface area is 181 Å². The zero-order chi connectivity index (χ0) is 21.4. The van der Waals surface area contributed by atoms with E-state index in [-0.39, 0.29) is 17.9 Å². The van der Waals surface area contributed by atoms with E-state index in [0.717, 1.165) is 55.4 Å². The number of amides is 1. The van der Waals surface area contributed by atoms with Crippen LogP contribution >= 0.6 is 0 Å². The third-order valence-corrected chi connectivity index (χ3v) is 6.35. The monoisotopic (exact) mass is 423 g/mol. The Balaban J connectivity index is 1.37. The van der Waals surface area contributed by atoms with Gasteiger partial charge >= 0.3 is 0 Å². The molecule has 2 aliphatic rings. The second-order valence-corrected chi connectivity index (χ2v) is 8.60. The molecule has 1 aromatic carbocycles. The molecule has 8 nitrogen and oxygen atoms in total. The summed E-state index contributed by atoms with van der Waals surface area (Å²) >= 11 is 0. The van der Waals surface area contributed by atoms with Crippen LogP contribution in [0.4, 0.5) is 0 Å². The Kier molecular flexibility index (Phi) is 5.50. The van der Waals surface area contributed by atoms with E-state index in [1.807, 2.05) is 34.0 Å². The van der Waals surface area contributed by atoms with Gasteiger partial charge < -0.3 is 14.1 Å². The lowest BCUT2D eigenvalue weighted by molar-refractivity contribution is -0.0366. The van der Waals surface area contributed by atoms with Crippen molar-refractivity contribution >= 4 is 16.8 Å². The van der Waals surface area contributed by atoms with E-state index in [2.05, 4.69) is 28.8 Å². The van der Waals surface area contributed by atoms with Gasteiger partial charge in [0.15, 0.2) is 6.23 Å². The minimum absolute atomic E-state index is 0.0345. The summed E-state index contributed by atoms with van der Waals surface area (Å²) < 4.78 is 13.8. The molecule has 164 valence electrons. The van der Waals surface area contributed by atoms with Crippen molar-refractivity contribution in [2.45, 2.75) is 45.4 Å². The highest BCUT2D eigenvalue weighted by molar-refractivity contribution is 5.94. The number of oxazole rings is 1. The van der Waals surface area contributed by atoms with Crippen molar-refractivity contribution in [1.29, 1.82) is 0 Å². The number of carbonyl (C=O) groups is 1. The molecule has 5 rings (SSSR count). The first-order valence-electron chi connectivity index (χ1n) is 11.2. The largest absolute Gasteiger partial charge is 0.431 e. The molecule has 1 amide bonds. The predicted molar refractivity (Wildman–Crippen MR) is 117 cm³/mol. The van der Waals surface area contributed by atoms with Gasteiger partial charge in [-0.05, 0) is 45.2 Å². The summed E-state index contributed by atoms with van der Waals surface area (Å²) in [5, 5.41) is 5.53. The van der Waals surface area contributed by atoms with Crippen molar-refractivity contribution in [1.82, 2.24) is 24.6 Å². The van der Waals surface area contributed by atoms with Gasteiger partial charge in [0.25, 0.3) is 5.91 Å². The molecule has 4 heterocycles. The maximum atomic E-state index is 12.9. The van der Waals surface area contributed by atoms with Crippen LogP contribution in [0.3, 0.4) is 0 Å². The van der Waals surface area contributed by atoms with Crippen LogP contribution in [0.15, 0.2) is 35.0 Å². The van der Waals surface area contributed by atoms with Gasteiger partial charge in [-0.1, -0.05) is 6.07 Å². The number of rotatable bonds is 4. The molecule has 0 aliphatic carbocycles. The topological polar surface area (TPSA) is 76.6 Å². The highest BCUT2D eigenvalue weighted by Gasteiger charge is 2.26. The van der Waals surface area contributed by atoms with Crippen LogP contribution in [0, 0.1) is 0 Å². The Hall–Kier alpha value is -2.71. The molecule has 0 saturated carbocycles. The number of ether oxygens (including phenoxy) is 1. The predicted octanol–water partition coefficient (Wildman–Crippen LogP) is 3.56. The summed E-state index contributed by atoms with van der Waals surface area (Å²) in [5.41, 5.74) is 1.82. The Morgan fingerprint density at radius 2 is 1.97 bits per heavy atom. The van der Waals surface area contributed by atoms with Crippen molar-refractivity contribution in [3.63, 3.8) is 0 Å². The number of hydrogen-bond acceptors (Lipinski definition) is 6. The molecule has 2 saturated heterocycles. The summed E-state index contributed by atoms with van der Waals surface area (Å²) in [6, 6.07) is 6.45. The standard InChI is InChI=1S/C23H29N5O3/c1-16(2)26-9-11-27(12-10-26)23(29)20-15-24-22(31-20)17-6-5-7-19-18(17)14-25-28(19)21-8-3-4-13-30-21/h5-7,14-16,21H,3-4,8-13H2,1-2H3. The number of carbonyl (C=O) groups excluding carboxylic acids is 1. The van der Waals surface area contributed by atoms with Crippen LogP contribution in [0.25, 0.3) is 22.4 Å². The first kappa shape index (κ1) is 20.2. The van der Waals surface area contributed by atoms with Crippen LogP contribution in [-0.2, 0) is 4.74 Å². The second kappa shape index (κ2) is 8.43.